The fourth-order valence-corrected chi connectivity index (χ4v) is 4.62. The molecular weight excluding hydrogens is 392 g/mol. The van der Waals surface area contributed by atoms with E-state index in [4.69, 9.17) is 5.73 Å². The highest BCUT2D eigenvalue weighted by Crippen LogP contribution is 2.51. The molecule has 1 saturated carbocycles. The summed E-state index contributed by atoms with van der Waals surface area (Å²) in [6.07, 6.45) is 3.09. The molecule has 1 fully saturated rings. The van der Waals surface area contributed by atoms with Crippen molar-refractivity contribution >= 4 is 22.4 Å². The van der Waals surface area contributed by atoms with Gasteiger partial charge in [0.25, 0.3) is 0 Å². The molecule has 0 spiro atoms. The zero-order valence-corrected chi connectivity index (χ0v) is 18.1. The van der Waals surface area contributed by atoms with Gasteiger partial charge in [-0.2, -0.15) is 0 Å². The van der Waals surface area contributed by atoms with Crippen molar-refractivity contribution in [3.05, 3.63) is 114 Å². The molecule has 0 aliphatic heterocycles. The summed E-state index contributed by atoms with van der Waals surface area (Å²) in [6.45, 7) is 0. The number of fused-ring (bicyclic) bond motifs is 1. The van der Waals surface area contributed by atoms with Crippen LogP contribution in [0, 0.1) is 0 Å². The second-order valence-corrected chi connectivity index (χ2v) is 9.00. The standard InChI is InChI=1S/C29H28N2O/c30-29(19-22-10-12-23-8-4-5-9-25(23)18-22)20-27(29)24-13-15-26(16-14-24)31-28(32)17-11-21-6-2-1-3-7-21/h1-10,12-16,18,27H,11,17,19-20,30H2,(H,31,32). The van der Waals surface area contributed by atoms with Crippen molar-refractivity contribution in [1.29, 1.82) is 0 Å². The van der Waals surface area contributed by atoms with Gasteiger partial charge in [-0.3, -0.25) is 4.79 Å². The van der Waals surface area contributed by atoms with Crippen molar-refractivity contribution in [3.63, 3.8) is 0 Å². The Bertz CT molecular complexity index is 1230. The predicted molar refractivity (Wildman–Crippen MR) is 132 cm³/mol. The molecule has 1 aliphatic rings. The number of anilines is 1. The quantitative estimate of drug-likeness (QED) is 0.395. The van der Waals surface area contributed by atoms with Crippen LogP contribution in [0.5, 0.6) is 0 Å². The number of nitrogens with two attached hydrogens (primary N) is 1. The second-order valence-electron chi connectivity index (χ2n) is 9.00. The summed E-state index contributed by atoms with van der Waals surface area (Å²) < 4.78 is 0. The maximum absolute atomic E-state index is 12.3. The lowest BCUT2D eigenvalue weighted by Gasteiger charge is -2.13. The van der Waals surface area contributed by atoms with Crippen molar-refractivity contribution in [1.82, 2.24) is 0 Å². The molecule has 3 heteroatoms. The van der Waals surface area contributed by atoms with E-state index in [1.165, 1.54) is 27.5 Å². The summed E-state index contributed by atoms with van der Waals surface area (Å²) in [5.41, 5.74) is 11.1. The van der Waals surface area contributed by atoms with Gasteiger partial charge in [0.1, 0.15) is 0 Å². The van der Waals surface area contributed by atoms with Gasteiger partial charge < -0.3 is 11.1 Å². The molecular formula is C29H28N2O. The third kappa shape index (κ3) is 4.58. The first-order chi connectivity index (χ1) is 15.6. The van der Waals surface area contributed by atoms with Crippen LogP contribution < -0.4 is 11.1 Å². The molecule has 0 saturated heterocycles. The minimum absolute atomic E-state index is 0.0394. The minimum atomic E-state index is -0.192. The molecule has 2 unspecified atom stereocenters. The van der Waals surface area contributed by atoms with E-state index in [2.05, 4.69) is 72.0 Å². The Balaban J connectivity index is 1.17. The molecule has 1 amide bonds. The Hall–Kier alpha value is -3.43. The van der Waals surface area contributed by atoms with Gasteiger partial charge in [0.05, 0.1) is 0 Å². The Morgan fingerprint density at radius 3 is 2.34 bits per heavy atom. The molecule has 4 aromatic rings. The topological polar surface area (TPSA) is 55.1 Å². The molecule has 0 radical (unpaired) electrons. The van der Waals surface area contributed by atoms with Crippen molar-refractivity contribution < 1.29 is 4.79 Å². The van der Waals surface area contributed by atoms with Gasteiger partial charge in [-0.1, -0.05) is 84.9 Å². The number of hydrogen-bond acceptors (Lipinski definition) is 2. The van der Waals surface area contributed by atoms with E-state index in [0.29, 0.717) is 12.3 Å². The van der Waals surface area contributed by atoms with Crippen LogP contribution in [0.4, 0.5) is 5.69 Å². The van der Waals surface area contributed by atoms with Crippen molar-refractivity contribution in [3.8, 4) is 0 Å². The van der Waals surface area contributed by atoms with Crippen LogP contribution in [-0.4, -0.2) is 11.4 Å². The van der Waals surface area contributed by atoms with Crippen molar-refractivity contribution in [2.75, 3.05) is 5.32 Å². The van der Waals surface area contributed by atoms with E-state index in [9.17, 15) is 4.79 Å². The van der Waals surface area contributed by atoms with Crippen molar-refractivity contribution in [2.24, 2.45) is 5.73 Å². The van der Waals surface area contributed by atoms with E-state index in [0.717, 1.165) is 24.9 Å². The Morgan fingerprint density at radius 1 is 0.844 bits per heavy atom. The monoisotopic (exact) mass is 420 g/mol. The van der Waals surface area contributed by atoms with Gasteiger partial charge in [0, 0.05) is 23.6 Å². The molecule has 3 nitrogen and oxygen atoms in total. The molecule has 4 aromatic carbocycles. The van der Waals surface area contributed by atoms with Gasteiger partial charge in [-0.25, -0.2) is 0 Å². The fraction of sp³-hybridized carbons (Fsp3) is 0.207. The lowest BCUT2D eigenvalue weighted by Crippen LogP contribution is -2.27. The number of carbonyl (C=O) groups excluding carboxylic acids is 1. The SMILES string of the molecule is NC1(Cc2ccc3ccccc3c2)CC1c1ccc(NC(=O)CCc2ccccc2)cc1. The van der Waals surface area contributed by atoms with Gasteiger partial charge in [-0.05, 0) is 58.9 Å². The molecule has 0 aromatic heterocycles. The third-order valence-electron chi connectivity index (χ3n) is 6.55. The van der Waals surface area contributed by atoms with E-state index in [1.54, 1.807) is 0 Å². The lowest BCUT2D eigenvalue weighted by atomic mass is 9.97. The Labute approximate surface area is 189 Å². The molecule has 0 heterocycles. The van der Waals surface area contributed by atoms with Crippen LogP contribution in [0.2, 0.25) is 0 Å². The van der Waals surface area contributed by atoms with Crippen LogP contribution >= 0.6 is 0 Å². The Morgan fingerprint density at radius 2 is 1.56 bits per heavy atom. The molecule has 160 valence electrons. The molecule has 5 rings (SSSR count). The first-order valence-electron chi connectivity index (χ1n) is 11.3. The highest BCUT2D eigenvalue weighted by atomic mass is 16.1. The number of carbonyl (C=O) groups is 1. The molecule has 2 atom stereocenters. The number of hydrogen-bond donors (Lipinski definition) is 2. The van der Waals surface area contributed by atoms with Crippen LogP contribution in [0.25, 0.3) is 10.8 Å². The van der Waals surface area contributed by atoms with Crippen molar-refractivity contribution in [2.45, 2.75) is 37.1 Å². The first kappa shape index (κ1) is 20.5. The van der Waals surface area contributed by atoms with E-state index >= 15 is 0 Å². The predicted octanol–water partition coefficient (Wildman–Crippen LogP) is 5.84. The zero-order valence-electron chi connectivity index (χ0n) is 18.1. The summed E-state index contributed by atoms with van der Waals surface area (Å²) in [6, 6.07) is 33.3. The normalized spacial score (nSPS) is 19.6. The maximum atomic E-state index is 12.3. The molecule has 0 bridgehead atoms. The fourth-order valence-electron chi connectivity index (χ4n) is 4.62. The van der Waals surface area contributed by atoms with Gasteiger partial charge >= 0.3 is 0 Å². The van der Waals surface area contributed by atoms with Gasteiger partial charge in [0.15, 0.2) is 0 Å². The third-order valence-corrected chi connectivity index (χ3v) is 6.55. The summed E-state index contributed by atoms with van der Waals surface area (Å²) in [5.74, 6) is 0.398. The number of nitrogens with one attached hydrogen (secondary N) is 1. The highest BCUT2D eigenvalue weighted by Gasteiger charge is 2.51. The number of amides is 1. The highest BCUT2D eigenvalue weighted by molar-refractivity contribution is 5.90. The van der Waals surface area contributed by atoms with Gasteiger partial charge in [-0.15, -0.1) is 0 Å². The summed E-state index contributed by atoms with van der Waals surface area (Å²) in [5, 5.41) is 5.53. The largest absolute Gasteiger partial charge is 0.326 e. The van der Waals surface area contributed by atoms with Crippen LogP contribution in [0.15, 0.2) is 97.1 Å². The van der Waals surface area contributed by atoms with Crippen LogP contribution in [0.1, 0.15) is 35.4 Å². The lowest BCUT2D eigenvalue weighted by molar-refractivity contribution is -0.116. The molecule has 3 N–H and O–H groups in total. The van der Waals surface area contributed by atoms with E-state index < -0.39 is 0 Å². The molecule has 1 aliphatic carbocycles. The maximum Gasteiger partial charge on any atom is 0.224 e. The van der Waals surface area contributed by atoms with Crippen LogP contribution in [0.3, 0.4) is 0 Å². The smallest absolute Gasteiger partial charge is 0.224 e. The Kier molecular flexibility index (Phi) is 5.50. The minimum Gasteiger partial charge on any atom is -0.326 e. The van der Waals surface area contributed by atoms with Crippen LogP contribution in [-0.2, 0) is 17.6 Å². The first-order valence-corrected chi connectivity index (χ1v) is 11.3. The average Bonchev–Trinajstić information content (AvgIpc) is 3.49. The summed E-state index contributed by atoms with van der Waals surface area (Å²) >= 11 is 0. The average molecular weight is 421 g/mol. The van der Waals surface area contributed by atoms with Gasteiger partial charge in [0.2, 0.25) is 5.91 Å². The molecule has 32 heavy (non-hydrogen) atoms. The number of rotatable bonds is 7. The second kappa shape index (κ2) is 8.60. The number of benzene rings is 4. The summed E-state index contributed by atoms with van der Waals surface area (Å²) in [4.78, 5) is 12.3. The van der Waals surface area contributed by atoms with E-state index in [1.807, 2.05) is 30.3 Å². The van der Waals surface area contributed by atoms with E-state index in [-0.39, 0.29) is 11.4 Å². The summed E-state index contributed by atoms with van der Waals surface area (Å²) in [7, 11) is 0. The zero-order chi connectivity index (χ0) is 22.0. The number of aryl methyl sites for hydroxylation is 1.